The molecule has 0 bridgehead atoms. The van der Waals surface area contributed by atoms with Crippen molar-refractivity contribution in [3.8, 4) is 11.6 Å². The Hall–Kier alpha value is -1.50. The van der Waals surface area contributed by atoms with Gasteiger partial charge in [-0.25, -0.2) is 0 Å². The van der Waals surface area contributed by atoms with Crippen molar-refractivity contribution in [3.05, 3.63) is 64.3 Å². The van der Waals surface area contributed by atoms with E-state index in [0.29, 0.717) is 22.8 Å². The summed E-state index contributed by atoms with van der Waals surface area (Å²) in [5.41, 5.74) is 2.68. The second-order valence-corrected chi connectivity index (χ2v) is 6.68. The predicted molar refractivity (Wildman–Crippen MR) is 96.7 cm³/mol. The molecule has 3 aromatic rings. The summed E-state index contributed by atoms with van der Waals surface area (Å²) in [6, 6.07) is 13.9. The average molecular weight is 411 g/mol. The van der Waals surface area contributed by atoms with Crippen LogP contribution in [0.25, 0.3) is 11.6 Å². The van der Waals surface area contributed by atoms with Crippen molar-refractivity contribution in [2.75, 3.05) is 5.75 Å². The molecule has 0 aliphatic rings. The van der Waals surface area contributed by atoms with Gasteiger partial charge in [0.1, 0.15) is 0 Å². The van der Waals surface area contributed by atoms with Crippen molar-refractivity contribution >= 4 is 39.3 Å². The van der Waals surface area contributed by atoms with E-state index in [1.54, 1.807) is 11.8 Å². The van der Waals surface area contributed by atoms with Gasteiger partial charge in [0, 0.05) is 11.3 Å². The molecule has 2 heterocycles. The number of rotatable bonds is 6. The lowest BCUT2D eigenvalue weighted by Crippen LogP contribution is -2.03. The third-order valence-corrected chi connectivity index (χ3v) is 4.62. The smallest absolute Gasteiger partial charge is 0.200 e. The van der Waals surface area contributed by atoms with E-state index in [1.165, 1.54) is 11.1 Å². The van der Waals surface area contributed by atoms with Gasteiger partial charge >= 0.3 is 0 Å². The molecule has 118 valence electrons. The molecule has 7 heteroatoms. The van der Waals surface area contributed by atoms with Gasteiger partial charge < -0.3 is 4.42 Å². The van der Waals surface area contributed by atoms with Gasteiger partial charge in [-0.15, -0.1) is 10.2 Å². The lowest BCUT2D eigenvalue weighted by Gasteiger charge is -2.08. The Morgan fingerprint density at radius 1 is 1.17 bits per heavy atom. The summed E-state index contributed by atoms with van der Waals surface area (Å²) in [5.74, 6) is 2.12. The number of hydrogen-bond acceptors (Lipinski definition) is 4. The zero-order chi connectivity index (χ0) is 16.1. The summed E-state index contributed by atoms with van der Waals surface area (Å²) >= 11 is 10.5. The predicted octanol–water partition coefficient (Wildman–Crippen LogP) is 5.19. The molecule has 0 N–H and O–H groups in total. The van der Waals surface area contributed by atoms with Gasteiger partial charge in [-0.2, -0.15) is 0 Å². The molecule has 2 aromatic heterocycles. The SMILES string of the molecule is Cl/C=C/CSc1nnc(-c2ccc(Br)o2)n1Cc1ccccc1. The van der Waals surface area contributed by atoms with Crippen LogP contribution >= 0.6 is 39.3 Å². The highest BCUT2D eigenvalue weighted by molar-refractivity contribution is 9.10. The van der Waals surface area contributed by atoms with Gasteiger partial charge in [0.15, 0.2) is 15.6 Å². The van der Waals surface area contributed by atoms with Crippen LogP contribution in [0.15, 0.2) is 68.3 Å². The van der Waals surface area contributed by atoms with Crippen molar-refractivity contribution in [2.45, 2.75) is 11.7 Å². The van der Waals surface area contributed by atoms with Crippen LogP contribution in [0.2, 0.25) is 0 Å². The molecule has 0 saturated heterocycles. The Labute approximate surface area is 151 Å². The molecular formula is C16H13BrClN3OS. The number of furan rings is 1. The molecule has 0 aliphatic heterocycles. The molecule has 0 saturated carbocycles. The van der Waals surface area contributed by atoms with Gasteiger partial charge in [-0.1, -0.05) is 59.8 Å². The average Bonchev–Trinajstić information content (AvgIpc) is 3.15. The van der Waals surface area contributed by atoms with Gasteiger partial charge in [0.05, 0.1) is 6.54 Å². The Balaban J connectivity index is 1.95. The fourth-order valence-corrected chi connectivity index (χ4v) is 3.33. The first kappa shape index (κ1) is 16.4. The molecular weight excluding hydrogens is 398 g/mol. The summed E-state index contributed by atoms with van der Waals surface area (Å²) in [4.78, 5) is 0. The van der Waals surface area contributed by atoms with Crippen LogP contribution in [0.4, 0.5) is 0 Å². The highest BCUT2D eigenvalue weighted by Crippen LogP contribution is 2.28. The second-order valence-electron chi connectivity index (χ2n) is 4.65. The van der Waals surface area contributed by atoms with Gasteiger partial charge in [-0.05, 0) is 33.6 Å². The fraction of sp³-hybridized carbons (Fsp3) is 0.125. The van der Waals surface area contributed by atoms with E-state index in [1.807, 2.05) is 41.0 Å². The standard InChI is InChI=1S/C16H13BrClN3OS/c17-14-8-7-13(22-14)15-19-20-16(23-10-4-9-18)21(15)11-12-5-2-1-3-6-12/h1-9H,10-11H2/b9-4+. The van der Waals surface area contributed by atoms with E-state index in [0.717, 1.165) is 10.9 Å². The summed E-state index contributed by atoms with van der Waals surface area (Å²) in [5, 5.41) is 9.41. The molecule has 3 rings (SSSR count). The molecule has 0 radical (unpaired) electrons. The van der Waals surface area contributed by atoms with Gasteiger partial charge in [-0.3, -0.25) is 4.57 Å². The number of nitrogens with zero attached hydrogens (tertiary/aromatic N) is 3. The number of thioether (sulfide) groups is 1. The van der Waals surface area contributed by atoms with Crippen molar-refractivity contribution in [3.63, 3.8) is 0 Å². The van der Waals surface area contributed by atoms with E-state index in [-0.39, 0.29) is 0 Å². The van der Waals surface area contributed by atoms with Crippen molar-refractivity contribution in [1.82, 2.24) is 14.8 Å². The monoisotopic (exact) mass is 409 g/mol. The molecule has 0 unspecified atom stereocenters. The minimum atomic E-state index is 0.668. The van der Waals surface area contributed by atoms with Crippen LogP contribution < -0.4 is 0 Å². The molecule has 4 nitrogen and oxygen atoms in total. The maximum Gasteiger partial charge on any atom is 0.200 e. The van der Waals surface area contributed by atoms with Crippen molar-refractivity contribution in [1.29, 1.82) is 0 Å². The first-order chi connectivity index (χ1) is 11.3. The van der Waals surface area contributed by atoms with E-state index >= 15 is 0 Å². The summed E-state index contributed by atoms with van der Waals surface area (Å²) in [6.45, 7) is 0.675. The van der Waals surface area contributed by atoms with Crippen LogP contribution in [0, 0.1) is 0 Å². The first-order valence-electron chi connectivity index (χ1n) is 6.89. The van der Waals surface area contributed by atoms with Gasteiger partial charge in [0.25, 0.3) is 0 Å². The molecule has 0 amide bonds. The number of aromatic nitrogens is 3. The number of hydrogen-bond donors (Lipinski definition) is 0. The third-order valence-electron chi connectivity index (χ3n) is 3.09. The normalized spacial score (nSPS) is 11.4. The van der Waals surface area contributed by atoms with Crippen molar-refractivity contribution < 1.29 is 4.42 Å². The zero-order valence-electron chi connectivity index (χ0n) is 12.0. The number of halogens is 2. The highest BCUT2D eigenvalue weighted by Gasteiger charge is 2.17. The van der Waals surface area contributed by atoms with Gasteiger partial charge in [0.2, 0.25) is 5.82 Å². The summed E-state index contributed by atoms with van der Waals surface area (Å²) in [7, 11) is 0. The lowest BCUT2D eigenvalue weighted by molar-refractivity contribution is 0.545. The van der Waals surface area contributed by atoms with Crippen LogP contribution in [-0.4, -0.2) is 20.5 Å². The van der Waals surface area contributed by atoms with Crippen LogP contribution in [-0.2, 0) is 6.54 Å². The Kier molecular flexibility index (Phi) is 5.59. The lowest BCUT2D eigenvalue weighted by atomic mass is 10.2. The molecule has 0 aliphatic carbocycles. The Morgan fingerprint density at radius 2 is 2.00 bits per heavy atom. The van der Waals surface area contributed by atoms with E-state index in [4.69, 9.17) is 16.0 Å². The largest absolute Gasteiger partial charge is 0.446 e. The quantitative estimate of drug-likeness (QED) is 0.524. The van der Waals surface area contributed by atoms with Crippen molar-refractivity contribution in [2.24, 2.45) is 0 Å². The molecule has 0 atom stereocenters. The minimum Gasteiger partial charge on any atom is -0.446 e. The Morgan fingerprint density at radius 3 is 2.70 bits per heavy atom. The maximum absolute atomic E-state index is 5.64. The maximum atomic E-state index is 5.64. The first-order valence-corrected chi connectivity index (χ1v) is 9.10. The Bertz CT molecular complexity index is 801. The number of benzene rings is 1. The van der Waals surface area contributed by atoms with Crippen LogP contribution in [0.3, 0.4) is 0 Å². The van der Waals surface area contributed by atoms with E-state index in [2.05, 4.69) is 38.3 Å². The fourth-order valence-electron chi connectivity index (χ4n) is 2.08. The molecule has 0 fully saturated rings. The topological polar surface area (TPSA) is 43.9 Å². The molecule has 1 aromatic carbocycles. The van der Waals surface area contributed by atoms with Crippen LogP contribution in [0.5, 0.6) is 0 Å². The summed E-state index contributed by atoms with van der Waals surface area (Å²) < 4.78 is 8.35. The molecule has 0 spiro atoms. The second kappa shape index (κ2) is 7.86. The molecule has 23 heavy (non-hydrogen) atoms. The highest BCUT2D eigenvalue weighted by atomic mass is 79.9. The van der Waals surface area contributed by atoms with Crippen LogP contribution in [0.1, 0.15) is 5.56 Å². The van der Waals surface area contributed by atoms with E-state index in [9.17, 15) is 0 Å². The minimum absolute atomic E-state index is 0.668. The summed E-state index contributed by atoms with van der Waals surface area (Å²) in [6.07, 6.45) is 1.87. The van der Waals surface area contributed by atoms with E-state index < -0.39 is 0 Å². The zero-order valence-corrected chi connectivity index (χ0v) is 15.2. The third kappa shape index (κ3) is 4.07.